The second-order valence-corrected chi connectivity index (χ2v) is 7.49. The summed E-state index contributed by atoms with van der Waals surface area (Å²) < 4.78 is 0. The third-order valence-corrected chi connectivity index (χ3v) is 5.80. The fraction of sp³-hybridized carbons (Fsp3) is 0.667. The molecule has 0 radical (unpaired) electrons. The van der Waals surface area contributed by atoms with E-state index in [2.05, 4.69) is 40.5 Å². The molecule has 25 heavy (non-hydrogen) atoms. The average molecular weight is 365 g/mol. The van der Waals surface area contributed by atoms with Gasteiger partial charge in [0.15, 0.2) is 0 Å². The Balaban J connectivity index is 0.00000225. The van der Waals surface area contributed by atoms with E-state index in [1.807, 2.05) is 0 Å². The second kappa shape index (κ2) is 10.8. The number of carbonyl (C=O) groups excluding carboxylic acids is 1. The van der Waals surface area contributed by atoms with Crippen molar-refractivity contribution in [3.8, 4) is 0 Å². The first-order valence-corrected chi connectivity index (χ1v) is 9.87. The van der Waals surface area contributed by atoms with E-state index in [0.29, 0.717) is 11.9 Å². The molecule has 2 fully saturated rings. The molecular formula is C21H33ClN2O. The molecule has 3 nitrogen and oxygen atoms in total. The van der Waals surface area contributed by atoms with E-state index >= 15 is 0 Å². The lowest BCUT2D eigenvalue weighted by Crippen LogP contribution is -2.40. The lowest BCUT2D eigenvalue weighted by Gasteiger charge is -2.30. The minimum atomic E-state index is 0. The fourth-order valence-corrected chi connectivity index (χ4v) is 4.26. The first kappa shape index (κ1) is 20.3. The Hall–Kier alpha value is -1.06. The summed E-state index contributed by atoms with van der Waals surface area (Å²) >= 11 is 0. The van der Waals surface area contributed by atoms with Gasteiger partial charge in [0, 0.05) is 19.0 Å². The van der Waals surface area contributed by atoms with Crippen molar-refractivity contribution in [1.82, 2.24) is 10.2 Å². The monoisotopic (exact) mass is 364 g/mol. The number of halogens is 1. The van der Waals surface area contributed by atoms with Crippen molar-refractivity contribution in [3.05, 3.63) is 35.9 Å². The minimum Gasteiger partial charge on any atom is -0.339 e. The molecule has 1 N–H and O–H groups in total. The Morgan fingerprint density at radius 2 is 1.72 bits per heavy atom. The predicted octanol–water partition coefficient (Wildman–Crippen LogP) is 4.20. The van der Waals surface area contributed by atoms with E-state index in [0.717, 1.165) is 44.8 Å². The van der Waals surface area contributed by atoms with E-state index in [-0.39, 0.29) is 12.4 Å². The molecule has 0 spiro atoms. The third kappa shape index (κ3) is 6.31. The fourth-order valence-electron chi connectivity index (χ4n) is 4.26. The van der Waals surface area contributed by atoms with Gasteiger partial charge in [-0.05, 0) is 63.1 Å². The van der Waals surface area contributed by atoms with Gasteiger partial charge in [-0.1, -0.05) is 43.2 Å². The van der Waals surface area contributed by atoms with Gasteiger partial charge >= 0.3 is 0 Å². The summed E-state index contributed by atoms with van der Waals surface area (Å²) in [6.07, 6.45) is 10.3. The molecule has 0 atom stereocenters. The van der Waals surface area contributed by atoms with E-state index in [9.17, 15) is 4.79 Å². The molecule has 2 aliphatic rings. The quantitative estimate of drug-likeness (QED) is 0.786. The first-order chi connectivity index (χ1) is 11.8. The van der Waals surface area contributed by atoms with E-state index in [1.54, 1.807) is 0 Å². The zero-order valence-electron chi connectivity index (χ0n) is 15.3. The highest BCUT2D eigenvalue weighted by Crippen LogP contribution is 2.26. The van der Waals surface area contributed by atoms with Crippen molar-refractivity contribution in [2.24, 2.45) is 5.92 Å². The van der Waals surface area contributed by atoms with Crippen LogP contribution in [0.5, 0.6) is 0 Å². The van der Waals surface area contributed by atoms with Crippen molar-refractivity contribution in [2.45, 2.75) is 63.8 Å². The summed E-state index contributed by atoms with van der Waals surface area (Å²) in [6, 6.07) is 11.1. The first-order valence-electron chi connectivity index (χ1n) is 9.87. The molecular weight excluding hydrogens is 332 g/mol. The van der Waals surface area contributed by atoms with E-state index in [1.165, 1.54) is 44.1 Å². The number of carbonyl (C=O) groups is 1. The number of piperidine rings is 1. The standard InChI is InChI=1S/C21H32N2O.ClH/c24-21(11-10-19-12-15-22-16-13-19)23(20-8-4-5-9-20)17-14-18-6-2-1-3-7-18;/h1-3,6-7,19-20,22H,4-5,8-17H2;1H. The van der Waals surface area contributed by atoms with Crippen LogP contribution in [-0.4, -0.2) is 36.5 Å². The van der Waals surface area contributed by atoms with Gasteiger partial charge in [-0.2, -0.15) is 0 Å². The number of nitrogens with zero attached hydrogens (tertiary/aromatic N) is 1. The second-order valence-electron chi connectivity index (χ2n) is 7.49. The molecule has 4 heteroatoms. The van der Waals surface area contributed by atoms with Crippen molar-refractivity contribution in [3.63, 3.8) is 0 Å². The van der Waals surface area contributed by atoms with Crippen LogP contribution in [0.15, 0.2) is 30.3 Å². The van der Waals surface area contributed by atoms with Crippen molar-refractivity contribution >= 4 is 18.3 Å². The molecule has 1 saturated carbocycles. The molecule has 1 aliphatic heterocycles. The lowest BCUT2D eigenvalue weighted by atomic mass is 9.93. The minimum absolute atomic E-state index is 0. The number of hydrogen-bond donors (Lipinski definition) is 1. The van der Waals surface area contributed by atoms with Crippen LogP contribution in [0.2, 0.25) is 0 Å². The maximum absolute atomic E-state index is 12.9. The number of rotatable bonds is 7. The zero-order chi connectivity index (χ0) is 16.6. The van der Waals surface area contributed by atoms with Gasteiger partial charge in [-0.15, -0.1) is 12.4 Å². The molecule has 1 aromatic carbocycles. The molecule has 1 aromatic rings. The molecule has 0 aromatic heterocycles. The van der Waals surface area contributed by atoms with Gasteiger partial charge in [-0.3, -0.25) is 4.79 Å². The third-order valence-electron chi connectivity index (χ3n) is 5.80. The van der Waals surface area contributed by atoms with Crippen LogP contribution in [0.1, 0.15) is 56.9 Å². The molecule has 1 heterocycles. The average Bonchev–Trinajstić information content (AvgIpc) is 3.16. The highest BCUT2D eigenvalue weighted by molar-refractivity contribution is 5.85. The summed E-state index contributed by atoms with van der Waals surface area (Å²) in [5.74, 6) is 1.14. The lowest BCUT2D eigenvalue weighted by molar-refractivity contribution is -0.133. The SMILES string of the molecule is Cl.O=C(CCC1CCNCC1)N(CCc1ccccc1)C1CCCC1. The smallest absolute Gasteiger partial charge is 0.222 e. The van der Waals surface area contributed by atoms with Crippen LogP contribution in [0.25, 0.3) is 0 Å². The maximum atomic E-state index is 12.9. The Kier molecular flexibility index (Phi) is 8.77. The van der Waals surface area contributed by atoms with E-state index < -0.39 is 0 Å². The molecule has 0 bridgehead atoms. The Morgan fingerprint density at radius 1 is 1.04 bits per heavy atom. The van der Waals surface area contributed by atoms with Crippen LogP contribution >= 0.6 is 12.4 Å². The van der Waals surface area contributed by atoms with Crippen molar-refractivity contribution in [2.75, 3.05) is 19.6 Å². The Labute approximate surface area is 159 Å². The summed E-state index contributed by atoms with van der Waals surface area (Å²) in [5, 5.41) is 3.41. The Bertz CT molecular complexity index is 496. The number of nitrogens with one attached hydrogen (secondary N) is 1. The number of hydrogen-bond acceptors (Lipinski definition) is 2. The van der Waals surface area contributed by atoms with Gasteiger partial charge in [-0.25, -0.2) is 0 Å². The summed E-state index contributed by atoms with van der Waals surface area (Å²) in [6.45, 7) is 3.14. The van der Waals surface area contributed by atoms with Crippen molar-refractivity contribution < 1.29 is 4.79 Å². The van der Waals surface area contributed by atoms with Gasteiger partial charge in [0.1, 0.15) is 0 Å². The van der Waals surface area contributed by atoms with Gasteiger partial charge < -0.3 is 10.2 Å². The predicted molar refractivity (Wildman–Crippen MR) is 106 cm³/mol. The van der Waals surface area contributed by atoms with Gasteiger partial charge in [0.25, 0.3) is 0 Å². The van der Waals surface area contributed by atoms with Crippen LogP contribution in [0.3, 0.4) is 0 Å². The van der Waals surface area contributed by atoms with Gasteiger partial charge in [0.2, 0.25) is 5.91 Å². The van der Waals surface area contributed by atoms with Crippen LogP contribution in [0, 0.1) is 5.92 Å². The largest absolute Gasteiger partial charge is 0.339 e. The molecule has 1 amide bonds. The van der Waals surface area contributed by atoms with E-state index in [4.69, 9.17) is 0 Å². The van der Waals surface area contributed by atoms with Crippen LogP contribution in [0.4, 0.5) is 0 Å². The van der Waals surface area contributed by atoms with Crippen LogP contribution < -0.4 is 5.32 Å². The molecule has 3 rings (SSSR count). The maximum Gasteiger partial charge on any atom is 0.222 e. The number of benzene rings is 1. The normalized spacial score (nSPS) is 18.7. The van der Waals surface area contributed by atoms with Crippen LogP contribution in [-0.2, 0) is 11.2 Å². The summed E-state index contributed by atoms with van der Waals surface area (Å²) in [4.78, 5) is 15.1. The zero-order valence-corrected chi connectivity index (χ0v) is 16.1. The topological polar surface area (TPSA) is 32.3 Å². The van der Waals surface area contributed by atoms with Crippen molar-refractivity contribution in [1.29, 1.82) is 0 Å². The Morgan fingerprint density at radius 3 is 2.40 bits per heavy atom. The highest BCUT2D eigenvalue weighted by atomic mass is 35.5. The summed E-state index contributed by atoms with van der Waals surface area (Å²) in [7, 11) is 0. The summed E-state index contributed by atoms with van der Waals surface area (Å²) in [5.41, 5.74) is 1.34. The molecule has 0 unspecified atom stereocenters. The molecule has 140 valence electrons. The molecule has 1 saturated heterocycles. The molecule has 1 aliphatic carbocycles. The number of amides is 1. The highest BCUT2D eigenvalue weighted by Gasteiger charge is 2.26. The van der Waals surface area contributed by atoms with Gasteiger partial charge in [0.05, 0.1) is 0 Å².